The van der Waals surface area contributed by atoms with Gasteiger partial charge in [0.1, 0.15) is 25.4 Å². The molecule has 0 radical (unpaired) electrons. The van der Waals surface area contributed by atoms with Gasteiger partial charge in [0.15, 0.2) is 0 Å². The molecule has 118 valence electrons. The van der Waals surface area contributed by atoms with Gasteiger partial charge in [-0.05, 0) is 24.3 Å². The number of nitriles is 1. The molecule has 7 heteroatoms. The summed E-state index contributed by atoms with van der Waals surface area (Å²) in [5.41, 5.74) is 0.863. The fraction of sp³-hybridized carbons (Fsp3) is 0.188. The number of pyridine rings is 1. The maximum Gasteiger partial charge on any atom is 0.338 e. The Balaban J connectivity index is 1.88. The highest BCUT2D eigenvalue weighted by Gasteiger charge is 2.13. The van der Waals surface area contributed by atoms with Gasteiger partial charge in [0.25, 0.3) is 5.82 Å². The molecule has 0 fully saturated rings. The zero-order chi connectivity index (χ0) is 16.8. The lowest BCUT2D eigenvalue weighted by Gasteiger charge is -2.11. The number of esters is 1. The number of hydrogen-bond acceptors (Lipinski definition) is 4. The molecule has 0 amide bonds. The smallest absolute Gasteiger partial charge is 0.338 e. The van der Waals surface area contributed by atoms with Crippen LogP contribution in [0.2, 0.25) is 10.0 Å². The molecule has 23 heavy (non-hydrogen) atoms. The van der Waals surface area contributed by atoms with Gasteiger partial charge in [-0.2, -0.15) is 5.26 Å². The van der Waals surface area contributed by atoms with Gasteiger partial charge >= 0.3 is 5.97 Å². The third-order valence-electron chi connectivity index (χ3n) is 3.09. The minimum absolute atomic E-state index is 0.202. The van der Waals surface area contributed by atoms with E-state index in [1.807, 2.05) is 18.0 Å². The molecule has 2 aromatic rings. The third-order valence-corrected chi connectivity index (χ3v) is 3.53. The number of nitrogens with zero attached hydrogens (tertiary/aromatic N) is 2. The number of rotatable bonds is 5. The SMILES string of the molecule is CN(CCOC(=O)c1cc(Cl)cc(Cl)c1)c1ccc(C#N)c[nH+]1. The zero-order valence-electron chi connectivity index (χ0n) is 12.3. The molecule has 0 spiro atoms. The van der Waals surface area contributed by atoms with E-state index < -0.39 is 5.97 Å². The van der Waals surface area contributed by atoms with Crippen LogP contribution >= 0.6 is 23.2 Å². The van der Waals surface area contributed by atoms with Crippen molar-refractivity contribution in [3.63, 3.8) is 0 Å². The number of H-pyrrole nitrogens is 1. The van der Waals surface area contributed by atoms with Gasteiger partial charge < -0.3 is 4.74 Å². The van der Waals surface area contributed by atoms with Gasteiger partial charge in [-0.15, -0.1) is 0 Å². The predicted octanol–water partition coefficient (Wildman–Crippen LogP) is 2.97. The number of aromatic nitrogens is 1. The van der Waals surface area contributed by atoms with Gasteiger partial charge in [-0.1, -0.05) is 23.2 Å². The Morgan fingerprint density at radius 2 is 2.00 bits per heavy atom. The van der Waals surface area contributed by atoms with Crippen molar-refractivity contribution in [1.29, 1.82) is 5.26 Å². The number of carbonyl (C=O) groups excluding carboxylic acids is 1. The van der Waals surface area contributed by atoms with Crippen LogP contribution in [0.3, 0.4) is 0 Å². The average Bonchev–Trinajstić information content (AvgIpc) is 2.53. The molecule has 1 N–H and O–H groups in total. The fourth-order valence-electron chi connectivity index (χ4n) is 1.87. The monoisotopic (exact) mass is 350 g/mol. The largest absolute Gasteiger partial charge is 0.458 e. The van der Waals surface area contributed by atoms with Crippen molar-refractivity contribution in [3.05, 3.63) is 57.7 Å². The summed E-state index contributed by atoms with van der Waals surface area (Å²) < 4.78 is 5.21. The molecule has 0 unspecified atom stereocenters. The van der Waals surface area contributed by atoms with E-state index in [-0.39, 0.29) is 6.61 Å². The van der Waals surface area contributed by atoms with Crippen LogP contribution in [0.15, 0.2) is 36.5 Å². The van der Waals surface area contributed by atoms with E-state index in [1.165, 1.54) is 12.1 Å². The van der Waals surface area contributed by atoms with Crippen molar-refractivity contribution < 1.29 is 14.5 Å². The molecule has 1 aromatic carbocycles. The van der Waals surface area contributed by atoms with Crippen molar-refractivity contribution in [2.45, 2.75) is 0 Å². The van der Waals surface area contributed by atoms with E-state index in [0.717, 1.165) is 5.82 Å². The van der Waals surface area contributed by atoms with Crippen molar-refractivity contribution in [2.24, 2.45) is 0 Å². The number of halogens is 2. The lowest BCUT2D eigenvalue weighted by molar-refractivity contribution is -0.364. The first-order valence-electron chi connectivity index (χ1n) is 6.76. The van der Waals surface area contributed by atoms with Gasteiger partial charge in [-0.25, -0.2) is 9.78 Å². The van der Waals surface area contributed by atoms with Crippen LogP contribution in [-0.4, -0.2) is 26.2 Å². The molecule has 0 atom stereocenters. The predicted molar refractivity (Wildman–Crippen MR) is 87.7 cm³/mol. The molecule has 0 bridgehead atoms. The summed E-state index contributed by atoms with van der Waals surface area (Å²) >= 11 is 11.7. The number of nitrogens with one attached hydrogen (secondary N) is 1. The first-order valence-corrected chi connectivity index (χ1v) is 7.51. The van der Waals surface area contributed by atoms with Crippen molar-refractivity contribution >= 4 is 35.0 Å². The summed E-state index contributed by atoms with van der Waals surface area (Å²) in [7, 11) is 1.85. The van der Waals surface area contributed by atoms with E-state index in [1.54, 1.807) is 24.4 Å². The highest BCUT2D eigenvalue weighted by atomic mass is 35.5. The first kappa shape index (κ1) is 17.1. The van der Waals surface area contributed by atoms with E-state index in [4.69, 9.17) is 33.2 Å². The highest BCUT2D eigenvalue weighted by Crippen LogP contribution is 2.19. The van der Waals surface area contributed by atoms with Crippen LogP contribution in [0.4, 0.5) is 5.82 Å². The molecule has 0 saturated carbocycles. The van der Waals surface area contributed by atoms with E-state index in [9.17, 15) is 4.79 Å². The molecule has 0 aliphatic rings. The molecule has 1 heterocycles. The number of ether oxygens (including phenoxy) is 1. The van der Waals surface area contributed by atoms with Gasteiger partial charge in [0.05, 0.1) is 18.2 Å². The summed E-state index contributed by atoms with van der Waals surface area (Å²) in [6.45, 7) is 0.690. The van der Waals surface area contributed by atoms with Crippen LogP contribution in [-0.2, 0) is 4.74 Å². The third kappa shape index (κ3) is 4.85. The molecule has 0 aliphatic heterocycles. The van der Waals surface area contributed by atoms with Gasteiger partial charge in [0.2, 0.25) is 0 Å². The summed E-state index contributed by atoms with van der Waals surface area (Å²) in [5, 5.41) is 9.52. The Kier molecular flexibility index (Phi) is 5.80. The summed E-state index contributed by atoms with van der Waals surface area (Å²) in [5.74, 6) is 0.331. The zero-order valence-corrected chi connectivity index (χ0v) is 13.9. The van der Waals surface area contributed by atoms with Gasteiger partial charge in [-0.3, -0.25) is 4.90 Å². The Hall–Kier alpha value is -2.29. The Bertz CT molecular complexity index is 722. The maximum absolute atomic E-state index is 11.9. The van der Waals surface area contributed by atoms with E-state index in [2.05, 4.69) is 4.98 Å². The van der Waals surface area contributed by atoms with Crippen LogP contribution in [0.5, 0.6) is 0 Å². The molecule has 0 aliphatic carbocycles. The number of likely N-dealkylation sites (N-methyl/N-ethyl adjacent to an activating group) is 1. The number of hydrogen-bond donors (Lipinski definition) is 0. The Labute approximate surface area is 144 Å². The lowest BCUT2D eigenvalue weighted by Crippen LogP contribution is -2.29. The van der Waals surface area contributed by atoms with Crippen LogP contribution < -0.4 is 9.88 Å². The van der Waals surface area contributed by atoms with Crippen molar-refractivity contribution in [1.82, 2.24) is 0 Å². The quantitative estimate of drug-likeness (QED) is 0.777. The number of carbonyl (C=O) groups is 1. The second-order valence-corrected chi connectivity index (χ2v) is 5.66. The Morgan fingerprint density at radius 1 is 1.30 bits per heavy atom. The van der Waals surface area contributed by atoms with Crippen LogP contribution in [0.1, 0.15) is 15.9 Å². The first-order chi connectivity index (χ1) is 11.0. The minimum atomic E-state index is -0.480. The summed E-state index contributed by atoms with van der Waals surface area (Å²) in [6, 6.07) is 10.1. The Morgan fingerprint density at radius 3 is 2.57 bits per heavy atom. The lowest BCUT2D eigenvalue weighted by atomic mass is 10.2. The standard InChI is InChI=1S/C16H13Cl2N3O2/c1-21(15-3-2-11(9-19)10-20-15)4-5-23-16(22)12-6-13(17)8-14(18)7-12/h2-3,6-8,10H,4-5H2,1H3/p+1. The molecule has 5 nitrogen and oxygen atoms in total. The topological polar surface area (TPSA) is 67.5 Å². The second-order valence-electron chi connectivity index (χ2n) is 4.79. The highest BCUT2D eigenvalue weighted by molar-refractivity contribution is 6.35. The minimum Gasteiger partial charge on any atom is -0.458 e. The molecule has 1 aromatic heterocycles. The van der Waals surface area contributed by atoms with E-state index >= 15 is 0 Å². The molecular formula is C16H14Cl2N3O2+. The number of anilines is 1. The number of aromatic amines is 1. The molecule has 2 rings (SSSR count). The second kappa shape index (κ2) is 7.82. The normalized spacial score (nSPS) is 10.0. The summed E-state index contributed by atoms with van der Waals surface area (Å²) in [4.78, 5) is 16.8. The number of benzene rings is 1. The summed E-state index contributed by atoms with van der Waals surface area (Å²) in [6.07, 6.45) is 1.62. The van der Waals surface area contributed by atoms with Crippen molar-refractivity contribution in [2.75, 3.05) is 25.1 Å². The van der Waals surface area contributed by atoms with Crippen LogP contribution in [0.25, 0.3) is 0 Å². The van der Waals surface area contributed by atoms with E-state index in [0.29, 0.717) is 27.7 Å². The molecular weight excluding hydrogens is 337 g/mol. The average molecular weight is 351 g/mol. The fourth-order valence-corrected chi connectivity index (χ4v) is 2.40. The molecule has 0 saturated heterocycles. The maximum atomic E-state index is 11.9. The van der Waals surface area contributed by atoms with Crippen LogP contribution in [0, 0.1) is 11.3 Å². The van der Waals surface area contributed by atoms with Crippen molar-refractivity contribution in [3.8, 4) is 6.07 Å². The van der Waals surface area contributed by atoms with Gasteiger partial charge in [0, 0.05) is 16.1 Å².